The van der Waals surface area contributed by atoms with Crippen LogP contribution in [-0.2, 0) is 0 Å². The normalized spacial score (nSPS) is 10.5. The van der Waals surface area contributed by atoms with E-state index in [-0.39, 0.29) is 0 Å². The lowest BCUT2D eigenvalue weighted by Crippen LogP contribution is -1.91. The minimum atomic E-state index is 0.889. The topological polar surface area (TPSA) is 9.23 Å². The molecule has 0 aliphatic rings. The van der Waals surface area contributed by atoms with Crippen LogP contribution in [0.5, 0.6) is 5.75 Å². The molecule has 3 aromatic rings. The van der Waals surface area contributed by atoms with E-state index in [0.29, 0.717) is 0 Å². The average molecular weight is 288 g/mol. The van der Waals surface area contributed by atoms with Crippen LogP contribution in [0.3, 0.4) is 0 Å². The Morgan fingerprint density at radius 1 is 0.636 bits per heavy atom. The Morgan fingerprint density at radius 3 is 1.77 bits per heavy atom. The molecule has 0 N–H and O–H groups in total. The summed E-state index contributed by atoms with van der Waals surface area (Å²) < 4.78 is 5.24. The molecule has 0 aliphatic carbocycles. The monoisotopic (exact) mass is 288 g/mol. The number of hydrogen-bond donors (Lipinski definition) is 0. The van der Waals surface area contributed by atoms with E-state index in [1.807, 2.05) is 12.1 Å². The zero-order chi connectivity index (χ0) is 15.5. The summed E-state index contributed by atoms with van der Waals surface area (Å²) in [4.78, 5) is 0. The van der Waals surface area contributed by atoms with E-state index in [4.69, 9.17) is 4.74 Å². The van der Waals surface area contributed by atoms with Gasteiger partial charge < -0.3 is 4.74 Å². The molecule has 1 nitrogen and oxygen atoms in total. The third kappa shape index (κ3) is 2.75. The fourth-order valence-corrected chi connectivity index (χ4v) is 2.97. The summed E-state index contributed by atoms with van der Waals surface area (Å²) in [6.07, 6.45) is 0. The van der Waals surface area contributed by atoms with E-state index in [1.54, 1.807) is 7.11 Å². The van der Waals surface area contributed by atoms with Gasteiger partial charge in [0.2, 0.25) is 0 Å². The molecule has 0 atom stereocenters. The van der Waals surface area contributed by atoms with Crippen molar-refractivity contribution in [3.05, 3.63) is 77.9 Å². The lowest BCUT2D eigenvalue weighted by molar-refractivity contribution is 0.415. The number of benzene rings is 3. The zero-order valence-corrected chi connectivity index (χ0v) is 13.3. The van der Waals surface area contributed by atoms with Crippen LogP contribution in [0.1, 0.15) is 11.1 Å². The molecule has 0 aromatic heterocycles. The van der Waals surface area contributed by atoms with E-state index in [1.165, 1.54) is 33.4 Å². The highest BCUT2D eigenvalue weighted by atomic mass is 16.5. The number of rotatable bonds is 3. The molecular formula is C21H20O. The van der Waals surface area contributed by atoms with Gasteiger partial charge in [-0.25, -0.2) is 0 Å². The molecule has 0 aliphatic heterocycles. The molecule has 110 valence electrons. The van der Waals surface area contributed by atoms with Crippen molar-refractivity contribution in [1.82, 2.24) is 0 Å². The minimum absolute atomic E-state index is 0.889. The molecule has 0 fully saturated rings. The van der Waals surface area contributed by atoms with Gasteiger partial charge in [-0.2, -0.15) is 0 Å². The largest absolute Gasteiger partial charge is 0.497 e. The van der Waals surface area contributed by atoms with E-state index in [9.17, 15) is 0 Å². The van der Waals surface area contributed by atoms with Crippen LogP contribution < -0.4 is 4.74 Å². The van der Waals surface area contributed by atoms with Gasteiger partial charge in [0.05, 0.1) is 7.11 Å². The quantitative estimate of drug-likeness (QED) is 0.605. The second kappa shape index (κ2) is 6.07. The van der Waals surface area contributed by atoms with Gasteiger partial charge >= 0.3 is 0 Å². The van der Waals surface area contributed by atoms with Gasteiger partial charge in [-0.3, -0.25) is 0 Å². The summed E-state index contributed by atoms with van der Waals surface area (Å²) in [5.74, 6) is 0.889. The molecule has 0 spiro atoms. The van der Waals surface area contributed by atoms with Crippen LogP contribution in [0.15, 0.2) is 66.7 Å². The van der Waals surface area contributed by atoms with E-state index < -0.39 is 0 Å². The third-order valence-electron chi connectivity index (χ3n) is 4.02. The van der Waals surface area contributed by atoms with Gasteiger partial charge in [-0.15, -0.1) is 0 Å². The Bertz CT molecular complexity index is 748. The SMILES string of the molecule is COc1ccc(-c2c(C)cc(-c3ccccc3)cc2C)cc1. The first kappa shape index (κ1) is 14.4. The maximum atomic E-state index is 5.24. The van der Waals surface area contributed by atoms with E-state index in [0.717, 1.165) is 5.75 Å². The lowest BCUT2D eigenvalue weighted by atomic mass is 9.91. The zero-order valence-electron chi connectivity index (χ0n) is 13.3. The van der Waals surface area contributed by atoms with Crippen LogP contribution in [0.2, 0.25) is 0 Å². The number of aryl methyl sites for hydroxylation is 2. The summed E-state index contributed by atoms with van der Waals surface area (Å²) >= 11 is 0. The summed E-state index contributed by atoms with van der Waals surface area (Å²) in [6, 6.07) is 23.3. The average Bonchev–Trinajstić information content (AvgIpc) is 2.55. The van der Waals surface area contributed by atoms with Gasteiger partial charge in [0.25, 0.3) is 0 Å². The fourth-order valence-electron chi connectivity index (χ4n) is 2.97. The standard InChI is InChI=1S/C21H20O/c1-15-13-19(17-7-5-4-6-8-17)14-16(2)21(15)18-9-11-20(22-3)12-10-18/h4-14H,1-3H3. The molecule has 0 saturated heterocycles. The van der Waals surface area contributed by atoms with Crippen molar-refractivity contribution in [1.29, 1.82) is 0 Å². The first-order valence-corrected chi connectivity index (χ1v) is 7.50. The Hall–Kier alpha value is -2.54. The highest BCUT2D eigenvalue weighted by Crippen LogP contribution is 2.32. The smallest absolute Gasteiger partial charge is 0.118 e. The Labute approximate surface area is 132 Å². The van der Waals surface area contributed by atoms with Crippen LogP contribution in [0.25, 0.3) is 22.3 Å². The number of hydrogen-bond acceptors (Lipinski definition) is 1. The molecule has 0 amide bonds. The van der Waals surface area contributed by atoms with Gasteiger partial charge in [0, 0.05) is 0 Å². The van der Waals surface area contributed by atoms with Gasteiger partial charge in [0.1, 0.15) is 5.75 Å². The van der Waals surface area contributed by atoms with Crippen LogP contribution in [0, 0.1) is 13.8 Å². The summed E-state index contributed by atoms with van der Waals surface area (Å²) in [5.41, 5.74) is 7.66. The Kier molecular flexibility index (Phi) is 3.97. The molecule has 3 rings (SSSR count). The first-order chi connectivity index (χ1) is 10.7. The van der Waals surface area contributed by atoms with Crippen LogP contribution in [-0.4, -0.2) is 7.11 Å². The Morgan fingerprint density at radius 2 is 1.23 bits per heavy atom. The maximum absolute atomic E-state index is 5.24. The first-order valence-electron chi connectivity index (χ1n) is 7.50. The van der Waals surface area contributed by atoms with Crippen molar-refractivity contribution in [3.63, 3.8) is 0 Å². The highest BCUT2D eigenvalue weighted by molar-refractivity contribution is 5.76. The van der Waals surface area contributed by atoms with Crippen molar-refractivity contribution < 1.29 is 4.74 Å². The molecule has 22 heavy (non-hydrogen) atoms. The predicted octanol–water partition coefficient (Wildman–Crippen LogP) is 5.65. The summed E-state index contributed by atoms with van der Waals surface area (Å²) in [6.45, 7) is 4.36. The van der Waals surface area contributed by atoms with Crippen molar-refractivity contribution in [3.8, 4) is 28.0 Å². The summed E-state index contributed by atoms with van der Waals surface area (Å²) in [5, 5.41) is 0. The highest BCUT2D eigenvalue weighted by Gasteiger charge is 2.09. The fraction of sp³-hybridized carbons (Fsp3) is 0.143. The molecule has 0 bridgehead atoms. The summed E-state index contributed by atoms with van der Waals surface area (Å²) in [7, 11) is 1.69. The van der Waals surface area contributed by atoms with Gasteiger partial charge in [0.15, 0.2) is 0 Å². The number of ether oxygens (including phenoxy) is 1. The van der Waals surface area contributed by atoms with Crippen molar-refractivity contribution in [2.24, 2.45) is 0 Å². The molecule has 0 heterocycles. The van der Waals surface area contributed by atoms with Crippen molar-refractivity contribution in [2.75, 3.05) is 7.11 Å². The third-order valence-corrected chi connectivity index (χ3v) is 4.02. The minimum Gasteiger partial charge on any atom is -0.497 e. The predicted molar refractivity (Wildman–Crippen MR) is 93.3 cm³/mol. The molecule has 0 radical (unpaired) electrons. The van der Waals surface area contributed by atoms with Gasteiger partial charge in [-0.05, 0) is 59.4 Å². The number of methoxy groups -OCH3 is 1. The maximum Gasteiger partial charge on any atom is 0.118 e. The molecule has 0 unspecified atom stereocenters. The van der Waals surface area contributed by atoms with Crippen molar-refractivity contribution >= 4 is 0 Å². The second-order valence-corrected chi connectivity index (χ2v) is 5.58. The van der Waals surface area contributed by atoms with Crippen LogP contribution >= 0.6 is 0 Å². The molecule has 0 saturated carbocycles. The molecule has 1 heteroatoms. The van der Waals surface area contributed by atoms with E-state index >= 15 is 0 Å². The molecule has 3 aromatic carbocycles. The van der Waals surface area contributed by atoms with Crippen molar-refractivity contribution in [2.45, 2.75) is 13.8 Å². The van der Waals surface area contributed by atoms with Crippen LogP contribution in [0.4, 0.5) is 0 Å². The Balaban J connectivity index is 2.06. The molecular weight excluding hydrogens is 268 g/mol. The lowest BCUT2D eigenvalue weighted by Gasteiger charge is -2.14. The van der Waals surface area contributed by atoms with Gasteiger partial charge in [-0.1, -0.05) is 54.6 Å². The van der Waals surface area contributed by atoms with E-state index in [2.05, 4.69) is 68.4 Å². The second-order valence-electron chi connectivity index (χ2n) is 5.58.